The van der Waals surface area contributed by atoms with Gasteiger partial charge < -0.3 is 37.1 Å². The van der Waals surface area contributed by atoms with Gasteiger partial charge in [-0.3, -0.25) is 4.79 Å². The van der Waals surface area contributed by atoms with Gasteiger partial charge in [-0.2, -0.15) is 0 Å². The molecule has 0 spiro atoms. The molecule has 2 rings (SSSR count). The van der Waals surface area contributed by atoms with E-state index in [1.54, 1.807) is 24.0 Å². The number of ether oxygens (including phenoxy) is 1. The van der Waals surface area contributed by atoms with Crippen LogP contribution < -0.4 is 10.2 Å². The van der Waals surface area contributed by atoms with Gasteiger partial charge in [-0.25, -0.2) is 9.78 Å². The molecule has 0 bridgehead atoms. The quantitative estimate of drug-likeness (QED) is 0.470. The number of hydrogen-bond donors (Lipinski definition) is 1. The Labute approximate surface area is 158 Å². The summed E-state index contributed by atoms with van der Waals surface area (Å²) in [7, 11) is -6.00. The second-order valence-corrected chi connectivity index (χ2v) is 5.49. The smallest absolute Gasteiger partial charge is 0.450 e. The van der Waals surface area contributed by atoms with E-state index in [1.807, 2.05) is 4.90 Å². The highest BCUT2D eigenvalue weighted by Crippen LogP contribution is 2.29. The van der Waals surface area contributed by atoms with E-state index in [-0.39, 0.29) is 12.0 Å². The normalized spacial score (nSPS) is 13.8. The molecule has 14 heteroatoms. The lowest BCUT2D eigenvalue weighted by Crippen LogP contribution is -2.49. The number of rotatable bonds is 3. The summed E-state index contributed by atoms with van der Waals surface area (Å²) in [5.74, 6) is 0.610. The Balaban J connectivity index is 0.000000696. The Hall–Kier alpha value is -3.11. The lowest BCUT2D eigenvalue weighted by molar-refractivity contribution is -0.114. The maximum atomic E-state index is 11.7. The van der Waals surface area contributed by atoms with Gasteiger partial charge in [0.25, 0.3) is 0 Å². The first-order valence-corrected chi connectivity index (χ1v) is 8.22. The molecule has 1 aliphatic heterocycles. The monoisotopic (exact) mass is 406 g/mol. The SMILES string of the molecule is CCOC(=O)N1CCN(c2nc(NC(C)=O)ccc2[N+]#N)CC1.F[B-](F)(F)F. The van der Waals surface area contributed by atoms with Crippen LogP contribution in [-0.2, 0) is 9.53 Å². The van der Waals surface area contributed by atoms with Crippen LogP contribution in [0.25, 0.3) is 4.98 Å². The Morgan fingerprint density at radius 2 is 1.82 bits per heavy atom. The van der Waals surface area contributed by atoms with E-state index >= 15 is 0 Å². The fraction of sp³-hybridized carbons (Fsp3) is 0.500. The summed E-state index contributed by atoms with van der Waals surface area (Å²) in [6.07, 6.45) is -0.334. The van der Waals surface area contributed by atoms with E-state index < -0.39 is 7.25 Å². The molecule has 1 aromatic rings. The van der Waals surface area contributed by atoms with E-state index in [2.05, 4.69) is 15.3 Å². The lowest BCUT2D eigenvalue weighted by Gasteiger charge is -2.33. The number of piperazine rings is 1. The van der Waals surface area contributed by atoms with Crippen molar-refractivity contribution in [3.63, 3.8) is 0 Å². The van der Waals surface area contributed by atoms with E-state index in [0.717, 1.165) is 0 Å². The topological polar surface area (TPSA) is 103 Å². The van der Waals surface area contributed by atoms with Crippen LogP contribution in [0, 0.1) is 5.39 Å². The van der Waals surface area contributed by atoms with Gasteiger partial charge in [0.15, 0.2) is 4.98 Å². The molecule has 2 heterocycles. The number of aromatic nitrogens is 1. The summed E-state index contributed by atoms with van der Waals surface area (Å²) < 4.78 is 44.0. The molecule has 0 atom stereocenters. The predicted molar refractivity (Wildman–Crippen MR) is 94.3 cm³/mol. The maximum absolute atomic E-state index is 11.7. The van der Waals surface area contributed by atoms with E-state index in [4.69, 9.17) is 10.1 Å². The molecule has 1 saturated heterocycles. The summed E-state index contributed by atoms with van der Waals surface area (Å²) in [5.41, 5.74) is 0.309. The molecule has 1 fully saturated rings. The number of carbonyl (C=O) groups excluding carboxylic acids is 2. The van der Waals surface area contributed by atoms with Gasteiger partial charge >= 0.3 is 19.0 Å². The van der Waals surface area contributed by atoms with Crippen molar-refractivity contribution in [2.24, 2.45) is 0 Å². The third-order valence-corrected chi connectivity index (χ3v) is 3.37. The first-order valence-electron chi connectivity index (χ1n) is 8.22. The maximum Gasteiger partial charge on any atom is 0.673 e. The zero-order chi connectivity index (χ0) is 21.3. The standard InChI is InChI=1S/C14H18N6O3.BF4/c1-3-23-14(22)20-8-6-19(7-9-20)13-11(18-15)4-5-12(17-13)16-10(2)21;2-1(3,4)5/h4-5H,3,6-9H2,1-2H3;/q;-1/p+1. The fourth-order valence-electron chi connectivity index (χ4n) is 2.32. The molecule has 0 aliphatic carbocycles. The van der Waals surface area contributed by atoms with Crippen molar-refractivity contribution in [1.82, 2.24) is 9.88 Å². The minimum atomic E-state index is -6.00. The van der Waals surface area contributed by atoms with Crippen LogP contribution in [-0.4, -0.2) is 61.9 Å². The van der Waals surface area contributed by atoms with Gasteiger partial charge in [-0.15, -0.1) is 0 Å². The largest absolute Gasteiger partial charge is 0.673 e. The molecule has 0 radical (unpaired) electrons. The Bertz CT molecular complexity index is 729. The van der Waals surface area contributed by atoms with Crippen molar-refractivity contribution in [2.45, 2.75) is 13.8 Å². The van der Waals surface area contributed by atoms with Crippen LogP contribution in [0.5, 0.6) is 0 Å². The fourth-order valence-corrected chi connectivity index (χ4v) is 2.32. The zero-order valence-corrected chi connectivity index (χ0v) is 15.2. The minimum absolute atomic E-state index is 0.232. The van der Waals surface area contributed by atoms with Gasteiger partial charge in [-0.1, -0.05) is 0 Å². The van der Waals surface area contributed by atoms with Crippen molar-refractivity contribution in [3.8, 4) is 0 Å². The molecule has 0 unspecified atom stereocenters. The average Bonchev–Trinajstić information content (AvgIpc) is 2.60. The second kappa shape index (κ2) is 10.3. The summed E-state index contributed by atoms with van der Waals surface area (Å²) in [4.78, 5) is 33.9. The second-order valence-electron chi connectivity index (χ2n) is 5.49. The van der Waals surface area contributed by atoms with Gasteiger partial charge in [0, 0.05) is 39.2 Å². The summed E-state index contributed by atoms with van der Waals surface area (Å²) in [6, 6.07) is 3.14. The van der Waals surface area contributed by atoms with E-state index in [9.17, 15) is 26.9 Å². The zero-order valence-electron chi connectivity index (χ0n) is 15.2. The molecule has 0 aromatic carbocycles. The number of nitrogens with zero attached hydrogens (tertiary/aromatic N) is 5. The molecule has 1 aliphatic rings. The number of amides is 2. The minimum Gasteiger partial charge on any atom is -0.450 e. The van der Waals surface area contributed by atoms with Crippen LogP contribution in [0.2, 0.25) is 0 Å². The number of diazo groups is 1. The molecule has 0 saturated carbocycles. The summed E-state index contributed by atoms with van der Waals surface area (Å²) in [5, 5.41) is 11.7. The Morgan fingerprint density at radius 3 is 2.29 bits per heavy atom. The molecular weight excluding hydrogens is 387 g/mol. The van der Waals surface area contributed by atoms with Gasteiger partial charge in [0.2, 0.25) is 17.1 Å². The van der Waals surface area contributed by atoms with Crippen molar-refractivity contribution in [3.05, 3.63) is 17.1 Å². The molecule has 9 nitrogen and oxygen atoms in total. The number of pyridine rings is 1. The molecule has 28 heavy (non-hydrogen) atoms. The third-order valence-electron chi connectivity index (χ3n) is 3.37. The number of halogens is 4. The molecular formula is C14H19BF4N6O3. The number of anilines is 2. The first kappa shape index (κ1) is 22.9. The number of hydrogen-bond acceptors (Lipinski definition) is 6. The highest BCUT2D eigenvalue weighted by molar-refractivity contribution is 6.50. The van der Waals surface area contributed by atoms with Crippen molar-refractivity contribution in [2.75, 3.05) is 43.0 Å². The van der Waals surface area contributed by atoms with Crippen molar-refractivity contribution >= 4 is 36.6 Å². The highest BCUT2D eigenvalue weighted by atomic mass is 19.5. The predicted octanol–water partition coefficient (Wildman–Crippen LogP) is 3.10. The highest BCUT2D eigenvalue weighted by Gasteiger charge is 2.28. The Kier molecular flexibility index (Phi) is 8.43. The van der Waals surface area contributed by atoms with Crippen molar-refractivity contribution < 1.29 is 31.6 Å². The van der Waals surface area contributed by atoms with Crippen LogP contribution in [0.4, 0.5) is 39.4 Å². The van der Waals surface area contributed by atoms with Gasteiger partial charge in [0.1, 0.15) is 5.82 Å². The Morgan fingerprint density at radius 1 is 1.25 bits per heavy atom. The summed E-state index contributed by atoms with van der Waals surface area (Å²) >= 11 is 0. The van der Waals surface area contributed by atoms with Gasteiger partial charge in [0.05, 0.1) is 6.61 Å². The van der Waals surface area contributed by atoms with Crippen LogP contribution >= 0.6 is 0 Å². The van der Waals surface area contributed by atoms with Crippen LogP contribution in [0.3, 0.4) is 0 Å². The van der Waals surface area contributed by atoms with Gasteiger partial charge in [-0.05, 0) is 13.0 Å². The lowest BCUT2D eigenvalue weighted by atomic mass is 10.3. The van der Waals surface area contributed by atoms with Crippen LogP contribution in [0.1, 0.15) is 13.8 Å². The van der Waals surface area contributed by atoms with E-state index in [1.165, 1.54) is 6.92 Å². The third kappa shape index (κ3) is 8.06. The molecule has 2 amide bonds. The van der Waals surface area contributed by atoms with Crippen LogP contribution in [0.15, 0.2) is 12.1 Å². The van der Waals surface area contributed by atoms with E-state index in [0.29, 0.717) is 50.1 Å². The first-order chi connectivity index (χ1) is 13.0. The average molecular weight is 406 g/mol. The molecule has 1 N–H and O–H groups in total. The molecule has 154 valence electrons. The van der Waals surface area contributed by atoms with Crippen molar-refractivity contribution in [1.29, 1.82) is 5.39 Å². The summed E-state index contributed by atoms with van der Waals surface area (Å²) in [6.45, 7) is 5.51. The molecule has 1 aromatic heterocycles. The number of nitrogens with one attached hydrogen (secondary N) is 1. The number of carbonyl (C=O) groups is 2.